The summed E-state index contributed by atoms with van der Waals surface area (Å²) in [6, 6.07) is 0.513. The van der Waals surface area contributed by atoms with Crippen molar-refractivity contribution in [3.05, 3.63) is 11.9 Å². The van der Waals surface area contributed by atoms with E-state index in [1.807, 2.05) is 23.6 Å². The SMILES string of the molecule is CCO[C@@H]1C[C@@H](N(C)C(=O)c2cn(C3CCNCC3)nn2)C1(C)C. The van der Waals surface area contributed by atoms with E-state index < -0.39 is 0 Å². The van der Waals surface area contributed by atoms with Crippen molar-refractivity contribution in [3.63, 3.8) is 0 Å². The number of piperidine rings is 1. The summed E-state index contributed by atoms with van der Waals surface area (Å²) in [6.45, 7) is 9.03. The van der Waals surface area contributed by atoms with Crippen molar-refractivity contribution in [2.45, 2.75) is 58.2 Å². The van der Waals surface area contributed by atoms with Crippen LogP contribution in [-0.2, 0) is 4.74 Å². The van der Waals surface area contributed by atoms with Crippen LogP contribution in [0.25, 0.3) is 0 Å². The molecule has 0 radical (unpaired) electrons. The standard InChI is InChI=1S/C17H29N5O2/c1-5-24-15-10-14(17(15,2)3)21(4)16(23)13-11-22(20-19-13)12-6-8-18-9-7-12/h11-12,14-15,18H,5-10H2,1-4H3/t14-,15-/m1/s1. The second-order valence-corrected chi connectivity index (χ2v) is 7.50. The van der Waals surface area contributed by atoms with Crippen LogP contribution in [0.3, 0.4) is 0 Å². The van der Waals surface area contributed by atoms with Crippen molar-refractivity contribution in [1.82, 2.24) is 25.2 Å². The summed E-state index contributed by atoms with van der Waals surface area (Å²) < 4.78 is 7.62. The first kappa shape index (κ1) is 17.4. The molecule has 1 saturated heterocycles. The molecule has 2 fully saturated rings. The minimum atomic E-state index is -0.0526. The maximum Gasteiger partial charge on any atom is 0.276 e. The molecule has 2 aliphatic rings. The molecule has 7 heteroatoms. The second-order valence-electron chi connectivity index (χ2n) is 7.50. The minimum Gasteiger partial charge on any atom is -0.378 e. The van der Waals surface area contributed by atoms with Gasteiger partial charge >= 0.3 is 0 Å². The van der Waals surface area contributed by atoms with E-state index in [0.717, 1.165) is 32.4 Å². The van der Waals surface area contributed by atoms with Crippen molar-refractivity contribution in [3.8, 4) is 0 Å². The van der Waals surface area contributed by atoms with Gasteiger partial charge in [-0.3, -0.25) is 4.79 Å². The lowest BCUT2D eigenvalue weighted by atomic mass is 9.63. The Kier molecular flexibility index (Phi) is 4.92. The molecular formula is C17H29N5O2. The van der Waals surface area contributed by atoms with E-state index in [9.17, 15) is 4.79 Å². The molecule has 1 aliphatic carbocycles. The molecular weight excluding hydrogens is 306 g/mol. The fraction of sp³-hybridized carbons (Fsp3) is 0.824. The number of amides is 1. The maximum absolute atomic E-state index is 12.8. The van der Waals surface area contributed by atoms with E-state index in [0.29, 0.717) is 18.3 Å². The smallest absolute Gasteiger partial charge is 0.276 e. The predicted octanol–water partition coefficient (Wildman–Crippen LogP) is 1.48. The number of nitrogens with one attached hydrogen (secondary N) is 1. The van der Waals surface area contributed by atoms with Gasteiger partial charge in [-0.1, -0.05) is 19.1 Å². The zero-order chi connectivity index (χ0) is 17.3. The maximum atomic E-state index is 12.8. The topological polar surface area (TPSA) is 72.3 Å². The molecule has 2 heterocycles. The van der Waals surface area contributed by atoms with Gasteiger partial charge in [0.15, 0.2) is 5.69 Å². The zero-order valence-corrected chi connectivity index (χ0v) is 15.2. The fourth-order valence-electron chi connectivity index (χ4n) is 3.95. The molecule has 2 atom stereocenters. The third-order valence-corrected chi connectivity index (χ3v) is 5.69. The number of ether oxygens (including phenoxy) is 1. The van der Waals surface area contributed by atoms with Gasteiger partial charge in [0.1, 0.15) is 0 Å². The Bertz CT molecular complexity index is 579. The van der Waals surface area contributed by atoms with Crippen molar-refractivity contribution in [1.29, 1.82) is 0 Å². The summed E-state index contributed by atoms with van der Waals surface area (Å²) in [5.74, 6) is -0.0526. The van der Waals surface area contributed by atoms with E-state index in [4.69, 9.17) is 4.74 Å². The van der Waals surface area contributed by atoms with Gasteiger partial charge in [-0.25, -0.2) is 4.68 Å². The first-order valence-corrected chi connectivity index (χ1v) is 8.96. The minimum absolute atomic E-state index is 0.0363. The van der Waals surface area contributed by atoms with E-state index in [-0.39, 0.29) is 23.5 Å². The van der Waals surface area contributed by atoms with Gasteiger partial charge in [-0.2, -0.15) is 0 Å². The van der Waals surface area contributed by atoms with Gasteiger partial charge in [0.05, 0.1) is 18.3 Å². The highest BCUT2D eigenvalue weighted by atomic mass is 16.5. The largest absolute Gasteiger partial charge is 0.378 e. The highest BCUT2D eigenvalue weighted by Gasteiger charge is 2.52. The molecule has 24 heavy (non-hydrogen) atoms. The summed E-state index contributed by atoms with van der Waals surface area (Å²) in [5, 5.41) is 11.7. The van der Waals surface area contributed by atoms with Gasteiger partial charge in [-0.05, 0) is 39.3 Å². The zero-order valence-electron chi connectivity index (χ0n) is 15.2. The molecule has 1 aliphatic heterocycles. The average Bonchev–Trinajstić information content (AvgIpc) is 3.08. The number of rotatable bonds is 5. The summed E-state index contributed by atoms with van der Waals surface area (Å²) >= 11 is 0. The van der Waals surface area contributed by atoms with Gasteiger partial charge in [0.25, 0.3) is 5.91 Å². The van der Waals surface area contributed by atoms with Crippen LogP contribution in [0.5, 0.6) is 0 Å². The van der Waals surface area contributed by atoms with E-state index >= 15 is 0 Å². The van der Waals surface area contributed by atoms with Crippen LogP contribution in [0.2, 0.25) is 0 Å². The van der Waals surface area contributed by atoms with Crippen molar-refractivity contribution in [2.24, 2.45) is 5.41 Å². The molecule has 134 valence electrons. The Balaban J connectivity index is 1.65. The monoisotopic (exact) mass is 335 g/mol. The highest BCUT2D eigenvalue weighted by molar-refractivity contribution is 5.92. The second kappa shape index (κ2) is 6.80. The first-order valence-electron chi connectivity index (χ1n) is 8.96. The molecule has 1 amide bonds. The quantitative estimate of drug-likeness (QED) is 0.882. The summed E-state index contributed by atoms with van der Waals surface area (Å²) in [7, 11) is 1.86. The molecule has 0 spiro atoms. The molecule has 1 N–H and O–H groups in total. The van der Waals surface area contributed by atoms with Crippen LogP contribution in [-0.4, -0.2) is 64.7 Å². The lowest BCUT2D eigenvalue weighted by Crippen LogP contribution is -2.62. The number of hydrogen-bond donors (Lipinski definition) is 1. The summed E-state index contributed by atoms with van der Waals surface area (Å²) in [5.41, 5.74) is 0.400. The molecule has 7 nitrogen and oxygen atoms in total. The molecule has 0 bridgehead atoms. The van der Waals surface area contributed by atoms with Gasteiger partial charge in [0, 0.05) is 25.1 Å². The Labute approximate surface area is 143 Å². The number of hydrogen-bond acceptors (Lipinski definition) is 5. The van der Waals surface area contributed by atoms with Crippen molar-refractivity contribution < 1.29 is 9.53 Å². The van der Waals surface area contributed by atoms with Crippen LogP contribution in [0, 0.1) is 5.41 Å². The van der Waals surface area contributed by atoms with Gasteiger partial charge < -0.3 is 15.0 Å². The first-order chi connectivity index (χ1) is 11.4. The lowest BCUT2D eigenvalue weighted by molar-refractivity contribution is -0.136. The van der Waals surface area contributed by atoms with E-state index in [1.54, 1.807) is 6.20 Å². The molecule has 0 aromatic carbocycles. The summed E-state index contributed by atoms with van der Waals surface area (Å²) in [6.07, 6.45) is 4.96. The molecule has 1 saturated carbocycles. The molecule has 1 aromatic rings. The molecule has 1 aromatic heterocycles. The number of aromatic nitrogens is 3. The van der Waals surface area contributed by atoms with Crippen LogP contribution in [0.4, 0.5) is 0 Å². The Hall–Kier alpha value is -1.47. The Morgan fingerprint density at radius 3 is 2.79 bits per heavy atom. The lowest BCUT2D eigenvalue weighted by Gasteiger charge is -2.54. The Morgan fingerprint density at radius 1 is 1.46 bits per heavy atom. The van der Waals surface area contributed by atoms with Crippen LogP contribution in [0.15, 0.2) is 6.20 Å². The number of carbonyl (C=O) groups is 1. The summed E-state index contributed by atoms with van der Waals surface area (Å²) in [4.78, 5) is 14.6. The van der Waals surface area contributed by atoms with Crippen LogP contribution >= 0.6 is 0 Å². The third kappa shape index (κ3) is 3.07. The predicted molar refractivity (Wildman–Crippen MR) is 90.9 cm³/mol. The molecule has 0 unspecified atom stereocenters. The fourth-order valence-corrected chi connectivity index (χ4v) is 3.95. The van der Waals surface area contributed by atoms with E-state index in [2.05, 4.69) is 29.5 Å². The number of carbonyl (C=O) groups excluding carboxylic acids is 1. The highest BCUT2D eigenvalue weighted by Crippen LogP contribution is 2.45. The van der Waals surface area contributed by atoms with Crippen molar-refractivity contribution in [2.75, 3.05) is 26.7 Å². The van der Waals surface area contributed by atoms with Gasteiger partial charge in [-0.15, -0.1) is 5.10 Å². The normalized spacial score (nSPS) is 26.8. The van der Waals surface area contributed by atoms with Gasteiger partial charge in [0.2, 0.25) is 0 Å². The van der Waals surface area contributed by atoms with Crippen LogP contribution in [0.1, 0.15) is 56.6 Å². The van der Waals surface area contributed by atoms with Crippen LogP contribution < -0.4 is 5.32 Å². The molecule has 3 rings (SSSR count). The van der Waals surface area contributed by atoms with E-state index in [1.165, 1.54) is 0 Å². The number of nitrogens with zero attached hydrogens (tertiary/aromatic N) is 4. The van der Waals surface area contributed by atoms with Crippen molar-refractivity contribution >= 4 is 5.91 Å². The Morgan fingerprint density at radius 2 is 2.17 bits per heavy atom. The average molecular weight is 335 g/mol. The third-order valence-electron chi connectivity index (χ3n) is 5.69.